The lowest BCUT2D eigenvalue weighted by Crippen LogP contribution is -2.29. The van der Waals surface area contributed by atoms with Gasteiger partial charge in [-0.3, -0.25) is 4.90 Å². The number of carboxylic acid groups (broad SMARTS) is 1. The molecule has 0 spiro atoms. The fourth-order valence-electron chi connectivity index (χ4n) is 4.16. The summed E-state index contributed by atoms with van der Waals surface area (Å²) in [7, 11) is 0. The number of aliphatic imine (C=N–C) groups is 1. The molecular formula is C27H20ClN3O3S. The van der Waals surface area contributed by atoms with Gasteiger partial charge in [-0.25, -0.2) is 9.79 Å². The molecule has 3 heterocycles. The minimum absolute atomic E-state index is 0.125. The van der Waals surface area contributed by atoms with Crippen LogP contribution in [0.3, 0.4) is 0 Å². The SMILES string of the molecule is N#Cc1c(N=Cc2ccc(-c3cc(C(=O)O)ccc3Cl)o2)sc2c1CCN(Cc1ccccc1)C2. The summed E-state index contributed by atoms with van der Waals surface area (Å²) in [5, 5.41) is 20.1. The van der Waals surface area contributed by atoms with E-state index in [2.05, 4.69) is 28.1 Å². The topological polar surface area (TPSA) is 89.8 Å². The lowest BCUT2D eigenvalue weighted by Gasteiger charge is -2.26. The van der Waals surface area contributed by atoms with Crippen molar-refractivity contribution in [1.82, 2.24) is 4.90 Å². The Kier molecular flexibility index (Phi) is 6.51. The van der Waals surface area contributed by atoms with E-state index in [0.717, 1.165) is 31.6 Å². The van der Waals surface area contributed by atoms with Gasteiger partial charge in [0.2, 0.25) is 0 Å². The lowest BCUT2D eigenvalue weighted by molar-refractivity contribution is 0.0697. The fourth-order valence-corrected chi connectivity index (χ4v) is 5.56. The zero-order valence-electron chi connectivity index (χ0n) is 18.6. The second-order valence-corrected chi connectivity index (χ2v) is 9.69. The van der Waals surface area contributed by atoms with Crippen molar-refractivity contribution >= 4 is 40.1 Å². The molecule has 2 aromatic carbocycles. The number of carbonyl (C=O) groups is 1. The van der Waals surface area contributed by atoms with Crippen LogP contribution in [-0.4, -0.2) is 28.7 Å². The summed E-state index contributed by atoms with van der Waals surface area (Å²) in [4.78, 5) is 19.4. The van der Waals surface area contributed by atoms with Gasteiger partial charge in [0.1, 0.15) is 22.6 Å². The van der Waals surface area contributed by atoms with Crippen molar-refractivity contribution in [3.63, 3.8) is 0 Å². The molecule has 0 aliphatic carbocycles. The molecule has 0 bridgehead atoms. The molecule has 6 nitrogen and oxygen atoms in total. The highest BCUT2D eigenvalue weighted by Gasteiger charge is 2.24. The summed E-state index contributed by atoms with van der Waals surface area (Å²) < 4.78 is 5.85. The molecule has 1 aliphatic heterocycles. The van der Waals surface area contributed by atoms with Gasteiger partial charge in [-0.15, -0.1) is 11.3 Å². The van der Waals surface area contributed by atoms with Crippen LogP contribution < -0.4 is 0 Å². The highest BCUT2D eigenvalue weighted by Crippen LogP contribution is 2.39. The van der Waals surface area contributed by atoms with E-state index in [0.29, 0.717) is 32.7 Å². The Morgan fingerprint density at radius 3 is 2.83 bits per heavy atom. The Morgan fingerprint density at radius 1 is 1.23 bits per heavy atom. The Balaban J connectivity index is 1.36. The third-order valence-corrected chi connectivity index (χ3v) is 7.35. The van der Waals surface area contributed by atoms with Gasteiger partial charge in [0, 0.05) is 30.1 Å². The molecule has 0 saturated heterocycles. The summed E-state index contributed by atoms with van der Waals surface area (Å²) in [5.41, 5.74) is 3.61. The minimum atomic E-state index is -1.04. The van der Waals surface area contributed by atoms with Crippen LogP contribution in [0.25, 0.3) is 11.3 Å². The molecule has 0 radical (unpaired) electrons. The normalized spacial score (nSPS) is 13.6. The molecular weight excluding hydrogens is 482 g/mol. The first-order valence-corrected chi connectivity index (χ1v) is 12.2. The zero-order chi connectivity index (χ0) is 24.4. The number of halogens is 1. The van der Waals surface area contributed by atoms with Gasteiger partial charge in [0.15, 0.2) is 0 Å². The number of furan rings is 1. The number of carboxylic acids is 1. The Labute approximate surface area is 211 Å². The van der Waals surface area contributed by atoms with Gasteiger partial charge >= 0.3 is 5.97 Å². The number of benzene rings is 2. The van der Waals surface area contributed by atoms with E-state index >= 15 is 0 Å². The first kappa shape index (κ1) is 23.1. The smallest absolute Gasteiger partial charge is 0.335 e. The van der Waals surface area contributed by atoms with Gasteiger partial charge < -0.3 is 9.52 Å². The maximum absolute atomic E-state index is 11.3. The molecule has 0 saturated carbocycles. The average molecular weight is 502 g/mol. The number of rotatable bonds is 6. The van der Waals surface area contributed by atoms with Gasteiger partial charge in [0.25, 0.3) is 0 Å². The van der Waals surface area contributed by atoms with Crippen LogP contribution in [0.15, 0.2) is 70.1 Å². The highest BCUT2D eigenvalue weighted by atomic mass is 35.5. The van der Waals surface area contributed by atoms with Crippen LogP contribution in [0, 0.1) is 11.3 Å². The average Bonchev–Trinajstić information content (AvgIpc) is 3.47. The predicted molar refractivity (Wildman–Crippen MR) is 137 cm³/mol. The van der Waals surface area contributed by atoms with Crippen LogP contribution in [0.2, 0.25) is 5.02 Å². The number of thiophene rings is 1. The van der Waals surface area contributed by atoms with Crippen LogP contribution in [0.1, 0.15) is 37.7 Å². The quantitative estimate of drug-likeness (QED) is 0.303. The van der Waals surface area contributed by atoms with Gasteiger partial charge in [-0.05, 0) is 47.9 Å². The summed E-state index contributed by atoms with van der Waals surface area (Å²) >= 11 is 7.79. The zero-order valence-corrected chi connectivity index (χ0v) is 20.1. The third-order valence-electron chi connectivity index (χ3n) is 5.89. The van der Waals surface area contributed by atoms with Crippen molar-refractivity contribution in [3.8, 4) is 17.4 Å². The van der Waals surface area contributed by atoms with Crippen LogP contribution in [0.4, 0.5) is 5.00 Å². The number of hydrogen-bond donors (Lipinski definition) is 1. The Hall–Kier alpha value is -3.70. The number of nitriles is 1. The van der Waals surface area contributed by atoms with Crippen molar-refractivity contribution in [2.75, 3.05) is 6.54 Å². The van der Waals surface area contributed by atoms with E-state index in [9.17, 15) is 15.2 Å². The molecule has 8 heteroatoms. The van der Waals surface area contributed by atoms with Crippen LogP contribution in [0.5, 0.6) is 0 Å². The molecule has 5 rings (SSSR count). The Bertz CT molecular complexity index is 1470. The molecule has 0 unspecified atom stereocenters. The number of hydrogen-bond acceptors (Lipinski definition) is 6. The van der Waals surface area contributed by atoms with Crippen molar-refractivity contribution in [1.29, 1.82) is 5.26 Å². The minimum Gasteiger partial charge on any atom is -0.478 e. The van der Waals surface area contributed by atoms with E-state index in [1.165, 1.54) is 28.6 Å². The monoisotopic (exact) mass is 501 g/mol. The highest BCUT2D eigenvalue weighted by molar-refractivity contribution is 7.16. The van der Waals surface area contributed by atoms with Crippen molar-refractivity contribution in [2.24, 2.45) is 4.99 Å². The standard InChI is InChI=1S/C27H20ClN3O3S/c28-23-8-6-18(27(32)33)12-21(23)24-9-7-19(34-24)14-30-26-22(13-29)20-10-11-31(16-25(20)35-26)15-17-4-2-1-3-5-17/h1-9,12,14H,10-11,15-16H2,(H,32,33). The summed E-state index contributed by atoms with van der Waals surface area (Å²) in [5.74, 6) is -0.107. The third kappa shape index (κ3) is 4.91. The van der Waals surface area contributed by atoms with Crippen LogP contribution >= 0.6 is 22.9 Å². The molecule has 0 amide bonds. The van der Waals surface area contributed by atoms with Gasteiger partial charge in [-0.1, -0.05) is 41.9 Å². The largest absolute Gasteiger partial charge is 0.478 e. The fraction of sp³-hybridized carbons (Fsp3) is 0.148. The van der Waals surface area contributed by atoms with Crippen molar-refractivity contribution in [2.45, 2.75) is 19.5 Å². The van der Waals surface area contributed by atoms with Crippen molar-refractivity contribution < 1.29 is 14.3 Å². The second-order valence-electron chi connectivity index (χ2n) is 8.20. The molecule has 0 fully saturated rings. The van der Waals surface area contributed by atoms with Crippen molar-refractivity contribution in [3.05, 3.63) is 98.6 Å². The first-order chi connectivity index (χ1) is 17.0. The summed E-state index contributed by atoms with van der Waals surface area (Å²) in [6.45, 7) is 2.57. The summed E-state index contributed by atoms with van der Waals surface area (Å²) in [6, 6.07) is 20.6. The number of nitrogens with zero attached hydrogens (tertiary/aromatic N) is 3. The summed E-state index contributed by atoms with van der Waals surface area (Å²) in [6.07, 6.45) is 2.40. The maximum Gasteiger partial charge on any atom is 0.335 e. The van der Waals surface area contributed by atoms with E-state index in [1.54, 1.807) is 29.7 Å². The molecule has 2 aromatic heterocycles. The number of fused-ring (bicyclic) bond motifs is 1. The lowest BCUT2D eigenvalue weighted by atomic mass is 10.0. The molecule has 1 N–H and O–H groups in total. The molecule has 1 aliphatic rings. The second kappa shape index (κ2) is 9.88. The number of aromatic carboxylic acids is 1. The molecule has 174 valence electrons. The van der Waals surface area contributed by atoms with E-state index in [4.69, 9.17) is 16.0 Å². The predicted octanol–water partition coefficient (Wildman–Crippen LogP) is 6.54. The molecule has 0 atom stereocenters. The van der Waals surface area contributed by atoms with E-state index < -0.39 is 5.97 Å². The molecule has 35 heavy (non-hydrogen) atoms. The maximum atomic E-state index is 11.3. The van der Waals surface area contributed by atoms with E-state index in [1.807, 2.05) is 18.2 Å². The first-order valence-electron chi connectivity index (χ1n) is 11.0. The Morgan fingerprint density at radius 2 is 2.06 bits per heavy atom. The van der Waals surface area contributed by atoms with Gasteiger partial charge in [-0.2, -0.15) is 5.26 Å². The van der Waals surface area contributed by atoms with Gasteiger partial charge in [0.05, 0.1) is 22.4 Å². The van der Waals surface area contributed by atoms with Crippen LogP contribution in [-0.2, 0) is 19.5 Å². The molecule has 4 aromatic rings. The van der Waals surface area contributed by atoms with E-state index in [-0.39, 0.29) is 5.56 Å².